The summed E-state index contributed by atoms with van der Waals surface area (Å²) in [5.41, 5.74) is 1.22. The van der Waals surface area contributed by atoms with Crippen LogP contribution in [0, 0.1) is 11.8 Å². The van der Waals surface area contributed by atoms with Gasteiger partial charge in [0.1, 0.15) is 5.44 Å². The molecule has 0 amide bonds. The average molecular weight is 283 g/mol. The maximum absolute atomic E-state index is 10.7. The number of nitrogens with zero attached hydrogens (tertiary/aromatic N) is 1. The number of rotatable bonds is 4. The summed E-state index contributed by atoms with van der Waals surface area (Å²) in [4.78, 5) is 0. The van der Waals surface area contributed by atoms with Gasteiger partial charge >= 0.3 is 0 Å². The van der Waals surface area contributed by atoms with Gasteiger partial charge in [0.25, 0.3) is 0 Å². The maximum atomic E-state index is 10.7. The van der Waals surface area contributed by atoms with Crippen LogP contribution in [0.5, 0.6) is 0 Å². The molecule has 3 heteroatoms. The number of hydrogen-bond acceptors (Lipinski definition) is 2. The van der Waals surface area contributed by atoms with Crippen molar-refractivity contribution in [2.24, 2.45) is 11.8 Å². The van der Waals surface area contributed by atoms with E-state index < -0.39 is 10.2 Å². The van der Waals surface area contributed by atoms with Crippen LogP contribution >= 0.6 is 10.2 Å². The summed E-state index contributed by atoms with van der Waals surface area (Å²) in [5, 5.41) is 15.4. The van der Waals surface area contributed by atoms with E-state index in [2.05, 4.69) is 49.1 Å². The molecule has 2 nitrogen and oxygen atoms in total. The SMILES string of the molecule is CC(C)C(O)S1(N(C)C)C=CC(C2CCCCC2)=C1. The molecular formula is C16H29NOS. The second-order valence-corrected chi connectivity index (χ2v) is 9.60. The van der Waals surface area contributed by atoms with Crippen molar-refractivity contribution in [3.05, 3.63) is 22.5 Å². The quantitative estimate of drug-likeness (QED) is 0.834. The van der Waals surface area contributed by atoms with Gasteiger partial charge in [0.15, 0.2) is 0 Å². The lowest BCUT2D eigenvalue weighted by atomic mass is 9.84. The number of aliphatic hydroxyl groups is 1. The first-order chi connectivity index (χ1) is 8.97. The molecule has 1 aliphatic heterocycles. The van der Waals surface area contributed by atoms with E-state index in [1.54, 1.807) is 0 Å². The first-order valence-electron chi connectivity index (χ1n) is 7.55. The van der Waals surface area contributed by atoms with E-state index in [4.69, 9.17) is 0 Å². The van der Waals surface area contributed by atoms with Gasteiger partial charge in [-0.25, -0.2) is 0 Å². The molecule has 19 heavy (non-hydrogen) atoms. The highest BCUT2D eigenvalue weighted by molar-refractivity contribution is 8.37. The summed E-state index contributed by atoms with van der Waals surface area (Å²) in [7, 11) is 2.90. The lowest BCUT2D eigenvalue weighted by molar-refractivity contribution is 0.204. The molecule has 1 aliphatic carbocycles. The molecule has 2 unspecified atom stereocenters. The molecule has 0 aromatic heterocycles. The zero-order chi connectivity index (χ0) is 14.0. The molecule has 2 atom stereocenters. The Hall–Kier alpha value is -0.250. The Morgan fingerprint density at radius 2 is 1.84 bits per heavy atom. The van der Waals surface area contributed by atoms with Crippen molar-refractivity contribution in [1.29, 1.82) is 0 Å². The zero-order valence-electron chi connectivity index (χ0n) is 12.8. The molecule has 110 valence electrons. The van der Waals surface area contributed by atoms with E-state index in [0.29, 0.717) is 5.92 Å². The van der Waals surface area contributed by atoms with Crippen LogP contribution in [0.3, 0.4) is 0 Å². The van der Waals surface area contributed by atoms with Crippen molar-refractivity contribution < 1.29 is 5.11 Å². The summed E-state index contributed by atoms with van der Waals surface area (Å²) in [6.45, 7) is 4.23. The van der Waals surface area contributed by atoms with E-state index in [-0.39, 0.29) is 5.44 Å². The average Bonchev–Trinajstić information content (AvgIpc) is 2.85. The molecule has 1 heterocycles. The van der Waals surface area contributed by atoms with Crippen LogP contribution in [0.4, 0.5) is 0 Å². The Bertz CT molecular complexity index is 369. The third kappa shape index (κ3) is 2.93. The Labute approximate surface area is 120 Å². The summed E-state index contributed by atoms with van der Waals surface area (Å²) in [6, 6.07) is 0. The highest BCUT2D eigenvalue weighted by atomic mass is 32.3. The molecule has 1 fully saturated rings. The van der Waals surface area contributed by atoms with Gasteiger partial charge in [0, 0.05) is 0 Å². The topological polar surface area (TPSA) is 23.5 Å². The fourth-order valence-corrected chi connectivity index (χ4v) is 6.40. The lowest BCUT2D eigenvalue weighted by Gasteiger charge is -2.44. The number of allylic oxidation sites excluding steroid dienone is 2. The smallest absolute Gasteiger partial charge is 0.104 e. The van der Waals surface area contributed by atoms with Crippen LogP contribution in [0.1, 0.15) is 46.0 Å². The zero-order valence-corrected chi connectivity index (χ0v) is 13.6. The largest absolute Gasteiger partial charge is 0.382 e. The predicted octanol–water partition coefficient (Wildman–Crippen LogP) is 4.23. The summed E-state index contributed by atoms with van der Waals surface area (Å²) in [6.07, 6.45) is 9.10. The second-order valence-electron chi connectivity index (χ2n) is 6.43. The van der Waals surface area contributed by atoms with Crippen molar-refractivity contribution in [2.75, 3.05) is 14.1 Å². The predicted molar refractivity (Wildman–Crippen MR) is 85.9 cm³/mol. The summed E-state index contributed by atoms with van der Waals surface area (Å²) in [5.74, 6) is 1.03. The first kappa shape index (κ1) is 15.1. The molecule has 0 radical (unpaired) electrons. The van der Waals surface area contributed by atoms with E-state index in [1.807, 2.05) is 0 Å². The molecule has 1 saturated carbocycles. The number of hydrogen-bond donors (Lipinski definition) is 1. The van der Waals surface area contributed by atoms with Gasteiger partial charge < -0.3 is 5.11 Å². The minimum atomic E-state index is -1.31. The second kappa shape index (κ2) is 6.02. The monoisotopic (exact) mass is 283 g/mol. The van der Waals surface area contributed by atoms with Crippen LogP contribution in [-0.4, -0.2) is 28.9 Å². The third-order valence-corrected chi connectivity index (χ3v) is 8.27. The van der Waals surface area contributed by atoms with Crippen molar-refractivity contribution >= 4 is 10.2 Å². The summed E-state index contributed by atoms with van der Waals surface area (Å²) < 4.78 is 2.24. The molecule has 0 saturated heterocycles. The maximum Gasteiger partial charge on any atom is 0.104 e. The molecule has 1 N–H and O–H groups in total. The molecule has 0 aromatic rings. The molecule has 2 rings (SSSR count). The van der Waals surface area contributed by atoms with Crippen molar-refractivity contribution in [3.8, 4) is 0 Å². The van der Waals surface area contributed by atoms with Gasteiger partial charge in [0.05, 0.1) is 0 Å². The van der Waals surface area contributed by atoms with Gasteiger partial charge in [-0.05, 0) is 55.2 Å². The van der Waals surface area contributed by atoms with Gasteiger partial charge in [-0.3, -0.25) is 4.31 Å². The van der Waals surface area contributed by atoms with Crippen molar-refractivity contribution in [2.45, 2.75) is 51.4 Å². The molecular weight excluding hydrogens is 254 g/mol. The van der Waals surface area contributed by atoms with Crippen LogP contribution in [0.2, 0.25) is 0 Å². The van der Waals surface area contributed by atoms with Gasteiger partial charge in [-0.2, -0.15) is 0 Å². The fraction of sp³-hybridized carbons (Fsp3) is 0.750. The normalized spacial score (nSPS) is 33.5. The third-order valence-electron chi connectivity index (χ3n) is 4.47. The van der Waals surface area contributed by atoms with Crippen molar-refractivity contribution in [3.63, 3.8) is 0 Å². The Morgan fingerprint density at radius 3 is 2.37 bits per heavy atom. The Kier molecular flexibility index (Phi) is 4.80. The van der Waals surface area contributed by atoms with E-state index in [1.165, 1.54) is 37.7 Å². The van der Waals surface area contributed by atoms with Crippen LogP contribution in [-0.2, 0) is 0 Å². The van der Waals surface area contributed by atoms with Gasteiger partial charge in [-0.15, -0.1) is 10.2 Å². The van der Waals surface area contributed by atoms with E-state index in [0.717, 1.165) is 5.92 Å². The van der Waals surface area contributed by atoms with Gasteiger partial charge in [-0.1, -0.05) is 39.2 Å². The Morgan fingerprint density at radius 1 is 1.21 bits per heavy atom. The van der Waals surface area contributed by atoms with Gasteiger partial charge in [0.2, 0.25) is 0 Å². The number of aliphatic hydroxyl groups excluding tert-OH is 1. The Balaban J connectivity index is 2.23. The molecule has 2 aliphatic rings. The molecule has 0 spiro atoms. The highest BCUT2D eigenvalue weighted by Crippen LogP contribution is 2.62. The standard InChI is InChI=1S/C16H29NOS/c1-13(2)16(18)19(17(3)4)11-10-15(12-19)14-8-6-5-7-9-14/h10-14,16,18H,5-9H2,1-4H3. The van der Waals surface area contributed by atoms with Crippen LogP contribution < -0.4 is 0 Å². The van der Waals surface area contributed by atoms with Crippen LogP contribution in [0.15, 0.2) is 22.5 Å². The molecule has 0 bridgehead atoms. The fourth-order valence-electron chi connectivity index (χ4n) is 3.18. The minimum absolute atomic E-state index is 0.264. The lowest BCUT2D eigenvalue weighted by Crippen LogP contribution is -2.30. The van der Waals surface area contributed by atoms with E-state index in [9.17, 15) is 5.11 Å². The summed E-state index contributed by atoms with van der Waals surface area (Å²) >= 11 is 0. The minimum Gasteiger partial charge on any atom is -0.382 e. The van der Waals surface area contributed by atoms with Crippen LogP contribution in [0.25, 0.3) is 0 Å². The highest BCUT2D eigenvalue weighted by Gasteiger charge is 2.36. The first-order valence-corrected chi connectivity index (χ1v) is 9.33. The molecule has 0 aromatic carbocycles. The van der Waals surface area contributed by atoms with E-state index >= 15 is 0 Å². The van der Waals surface area contributed by atoms with Crippen molar-refractivity contribution in [1.82, 2.24) is 4.31 Å².